The van der Waals surface area contributed by atoms with Gasteiger partial charge in [-0.2, -0.15) is 0 Å². The summed E-state index contributed by atoms with van der Waals surface area (Å²) in [4.78, 5) is -0.00589. The molecule has 0 bridgehead atoms. The summed E-state index contributed by atoms with van der Waals surface area (Å²) in [5.74, 6) is 0. The molecule has 1 aromatic carbocycles. The average molecular weight is 325 g/mol. The fourth-order valence-electron chi connectivity index (χ4n) is 1.38. The van der Waals surface area contributed by atoms with Crippen molar-refractivity contribution in [2.75, 3.05) is 18.5 Å². The van der Waals surface area contributed by atoms with Crippen LogP contribution in [-0.2, 0) is 20.8 Å². The van der Waals surface area contributed by atoms with Crippen molar-refractivity contribution in [3.05, 3.63) is 23.2 Å². The normalized spacial score (nSPS) is 15.1. The van der Waals surface area contributed by atoms with Gasteiger partial charge in [0.05, 0.1) is 5.02 Å². The van der Waals surface area contributed by atoms with E-state index in [4.69, 9.17) is 17.3 Å². The topological polar surface area (TPSA) is 89.3 Å². The molecule has 1 rings (SSSR count). The van der Waals surface area contributed by atoms with Crippen molar-refractivity contribution in [1.82, 2.24) is 4.72 Å². The molecule has 3 N–H and O–H groups in total. The molecule has 0 aromatic heterocycles. The number of nitrogens with two attached hydrogens (primary N) is 1. The molecule has 0 amide bonds. The van der Waals surface area contributed by atoms with Crippen LogP contribution in [0.15, 0.2) is 23.1 Å². The van der Waals surface area contributed by atoms with Crippen molar-refractivity contribution in [3.8, 4) is 0 Å². The van der Waals surface area contributed by atoms with Crippen LogP contribution in [0.1, 0.15) is 13.3 Å². The van der Waals surface area contributed by atoms with E-state index in [1.54, 1.807) is 13.2 Å². The van der Waals surface area contributed by atoms with Crippen molar-refractivity contribution < 1.29 is 12.6 Å². The van der Waals surface area contributed by atoms with E-state index in [-0.39, 0.29) is 21.7 Å². The number of nitrogens with one attached hydrogen (secondary N) is 1. The van der Waals surface area contributed by atoms with E-state index in [1.165, 1.54) is 18.2 Å². The molecular formula is C11H17ClN2O3S2. The van der Waals surface area contributed by atoms with Crippen LogP contribution >= 0.6 is 11.6 Å². The van der Waals surface area contributed by atoms with Gasteiger partial charge in [0.2, 0.25) is 10.0 Å². The summed E-state index contributed by atoms with van der Waals surface area (Å²) in [7, 11) is -4.63. The summed E-state index contributed by atoms with van der Waals surface area (Å²) in [6, 6.07) is 4.23. The lowest BCUT2D eigenvalue weighted by Gasteiger charge is -2.11. The van der Waals surface area contributed by atoms with Gasteiger partial charge in [0.25, 0.3) is 0 Å². The molecule has 0 fully saturated rings. The van der Waals surface area contributed by atoms with Crippen molar-refractivity contribution >= 4 is 38.1 Å². The van der Waals surface area contributed by atoms with Crippen LogP contribution in [0.3, 0.4) is 0 Å². The third-order valence-corrected chi connectivity index (χ3v) is 5.97. The molecule has 5 nitrogen and oxygen atoms in total. The molecule has 0 aliphatic rings. The molecule has 1 aromatic rings. The number of benzene rings is 1. The SMILES string of the molecule is CC(CCNS(=O)(=O)c1ccc(N)cc1Cl)S(C)=O. The first kappa shape index (κ1) is 16.4. The Bertz CT molecular complexity index is 575. The van der Waals surface area contributed by atoms with E-state index >= 15 is 0 Å². The number of rotatable bonds is 6. The fraction of sp³-hybridized carbons (Fsp3) is 0.455. The first-order valence-corrected chi connectivity index (χ1v) is 9.09. The molecule has 0 heterocycles. The summed E-state index contributed by atoms with van der Waals surface area (Å²) in [5, 5.41) is 0.0178. The summed E-state index contributed by atoms with van der Waals surface area (Å²) in [6.07, 6.45) is 2.09. The van der Waals surface area contributed by atoms with Crippen molar-refractivity contribution in [2.24, 2.45) is 0 Å². The van der Waals surface area contributed by atoms with E-state index in [2.05, 4.69) is 4.72 Å². The highest BCUT2D eigenvalue weighted by molar-refractivity contribution is 7.89. The molecule has 0 saturated heterocycles. The highest BCUT2D eigenvalue weighted by Gasteiger charge is 2.18. The maximum atomic E-state index is 12.0. The van der Waals surface area contributed by atoms with Gasteiger partial charge in [0.1, 0.15) is 4.90 Å². The van der Waals surface area contributed by atoms with E-state index in [0.717, 1.165) is 0 Å². The van der Waals surface area contributed by atoms with Gasteiger partial charge in [0.15, 0.2) is 0 Å². The van der Waals surface area contributed by atoms with E-state index in [9.17, 15) is 12.6 Å². The third kappa shape index (κ3) is 4.76. The quantitative estimate of drug-likeness (QED) is 0.773. The van der Waals surface area contributed by atoms with Crippen LogP contribution in [0, 0.1) is 0 Å². The van der Waals surface area contributed by atoms with Crippen LogP contribution in [0.4, 0.5) is 5.69 Å². The minimum Gasteiger partial charge on any atom is -0.399 e. The summed E-state index contributed by atoms with van der Waals surface area (Å²) in [5.41, 5.74) is 5.91. The smallest absolute Gasteiger partial charge is 0.242 e. The van der Waals surface area contributed by atoms with Gasteiger partial charge in [0, 0.05) is 34.5 Å². The fourth-order valence-corrected chi connectivity index (χ4v) is 3.42. The van der Waals surface area contributed by atoms with Crippen LogP contribution in [0.5, 0.6) is 0 Å². The minimum absolute atomic E-state index is 0.00589. The highest BCUT2D eigenvalue weighted by Crippen LogP contribution is 2.23. The maximum absolute atomic E-state index is 12.0. The van der Waals surface area contributed by atoms with Gasteiger partial charge in [-0.3, -0.25) is 4.21 Å². The van der Waals surface area contributed by atoms with Gasteiger partial charge in [-0.05, 0) is 24.6 Å². The van der Waals surface area contributed by atoms with Crippen LogP contribution in [0.2, 0.25) is 5.02 Å². The lowest BCUT2D eigenvalue weighted by atomic mass is 10.3. The van der Waals surface area contributed by atoms with Gasteiger partial charge in [-0.25, -0.2) is 13.1 Å². The second kappa shape index (κ2) is 6.69. The predicted octanol–water partition coefficient (Wildman–Crippen LogP) is 1.36. The molecule has 0 saturated carbocycles. The standard InChI is InChI=1S/C11H17ClN2O3S2/c1-8(18(2)15)5-6-14-19(16,17)11-4-3-9(13)7-10(11)12/h3-4,7-8,14H,5-6,13H2,1-2H3. The van der Waals surface area contributed by atoms with Gasteiger partial charge >= 0.3 is 0 Å². The molecule has 8 heteroatoms. The molecule has 108 valence electrons. The van der Waals surface area contributed by atoms with Gasteiger partial charge in [-0.15, -0.1) is 0 Å². The molecular weight excluding hydrogens is 308 g/mol. The number of halogens is 1. The Labute approximate surface area is 121 Å². The number of nitrogen functional groups attached to an aromatic ring is 1. The van der Waals surface area contributed by atoms with Crippen LogP contribution in [-0.4, -0.2) is 30.7 Å². The van der Waals surface area contributed by atoms with Gasteiger partial charge < -0.3 is 5.73 Å². The Balaban J connectivity index is 2.74. The number of sulfonamides is 1. The summed E-state index contributed by atoms with van der Waals surface area (Å²) >= 11 is 5.86. The Kier molecular flexibility index (Phi) is 5.79. The minimum atomic E-state index is -3.67. The Morgan fingerprint density at radius 2 is 2.11 bits per heavy atom. The molecule has 0 spiro atoms. The second-order valence-electron chi connectivity index (χ2n) is 4.19. The zero-order valence-electron chi connectivity index (χ0n) is 10.7. The Morgan fingerprint density at radius 1 is 1.47 bits per heavy atom. The number of anilines is 1. The molecule has 0 aliphatic carbocycles. The van der Waals surface area contributed by atoms with E-state index < -0.39 is 20.8 Å². The zero-order valence-corrected chi connectivity index (χ0v) is 13.1. The highest BCUT2D eigenvalue weighted by atomic mass is 35.5. The second-order valence-corrected chi connectivity index (χ2v) is 8.13. The largest absolute Gasteiger partial charge is 0.399 e. The molecule has 2 unspecified atom stereocenters. The van der Waals surface area contributed by atoms with Gasteiger partial charge in [-0.1, -0.05) is 18.5 Å². The lowest BCUT2D eigenvalue weighted by Crippen LogP contribution is -2.27. The average Bonchev–Trinajstić information content (AvgIpc) is 2.27. The first-order chi connectivity index (χ1) is 8.74. The Morgan fingerprint density at radius 3 is 2.63 bits per heavy atom. The van der Waals surface area contributed by atoms with E-state index in [1.807, 2.05) is 0 Å². The summed E-state index contributed by atoms with van der Waals surface area (Å²) < 4.78 is 37.6. The number of hydrogen-bond acceptors (Lipinski definition) is 4. The maximum Gasteiger partial charge on any atom is 0.242 e. The Hall–Kier alpha value is -0.630. The monoisotopic (exact) mass is 324 g/mol. The first-order valence-electron chi connectivity index (χ1n) is 5.61. The zero-order chi connectivity index (χ0) is 14.6. The van der Waals surface area contributed by atoms with Crippen LogP contribution < -0.4 is 10.5 Å². The third-order valence-electron chi connectivity index (χ3n) is 2.66. The predicted molar refractivity (Wildman–Crippen MR) is 79.2 cm³/mol. The van der Waals surface area contributed by atoms with Crippen LogP contribution in [0.25, 0.3) is 0 Å². The molecule has 0 aliphatic heterocycles. The molecule has 2 atom stereocenters. The lowest BCUT2D eigenvalue weighted by molar-refractivity contribution is 0.578. The number of hydrogen-bond donors (Lipinski definition) is 2. The van der Waals surface area contributed by atoms with E-state index in [0.29, 0.717) is 12.1 Å². The van der Waals surface area contributed by atoms with Crippen molar-refractivity contribution in [3.63, 3.8) is 0 Å². The molecule has 0 radical (unpaired) electrons. The van der Waals surface area contributed by atoms with Crippen molar-refractivity contribution in [2.45, 2.75) is 23.5 Å². The molecule has 19 heavy (non-hydrogen) atoms. The van der Waals surface area contributed by atoms with Crippen molar-refractivity contribution in [1.29, 1.82) is 0 Å². The summed E-state index contributed by atoms with van der Waals surface area (Å²) in [6.45, 7) is 2.02.